The van der Waals surface area contributed by atoms with Crippen LogP contribution in [0.5, 0.6) is 0 Å². The summed E-state index contributed by atoms with van der Waals surface area (Å²) in [6.07, 6.45) is 0.0237. The molecule has 0 amide bonds. The SMILES string of the molecule is O=C(C[C@H](C(=O)O)N1CCOCC1)c1cccs1. The molecular formula is C12H15NO4S. The number of ketones is 1. The fourth-order valence-corrected chi connectivity index (χ4v) is 2.65. The lowest BCUT2D eigenvalue weighted by Gasteiger charge is -2.31. The van der Waals surface area contributed by atoms with E-state index in [9.17, 15) is 14.7 Å². The molecule has 1 aliphatic rings. The van der Waals surface area contributed by atoms with Gasteiger partial charge in [-0.3, -0.25) is 14.5 Å². The molecule has 2 rings (SSSR count). The Morgan fingerprint density at radius 3 is 2.72 bits per heavy atom. The quantitative estimate of drug-likeness (QED) is 0.811. The highest BCUT2D eigenvalue weighted by atomic mass is 32.1. The summed E-state index contributed by atoms with van der Waals surface area (Å²) in [4.78, 5) is 25.6. The topological polar surface area (TPSA) is 66.8 Å². The summed E-state index contributed by atoms with van der Waals surface area (Å²) >= 11 is 1.35. The van der Waals surface area contributed by atoms with Gasteiger partial charge < -0.3 is 9.84 Å². The average Bonchev–Trinajstić information content (AvgIpc) is 2.90. The van der Waals surface area contributed by atoms with Crippen LogP contribution < -0.4 is 0 Å². The fraction of sp³-hybridized carbons (Fsp3) is 0.500. The number of rotatable bonds is 5. The molecule has 0 radical (unpaired) electrons. The Bertz CT molecular complexity index is 412. The highest BCUT2D eigenvalue weighted by molar-refractivity contribution is 7.12. The number of nitrogens with zero attached hydrogens (tertiary/aromatic N) is 1. The Labute approximate surface area is 109 Å². The van der Waals surface area contributed by atoms with Gasteiger partial charge in [0.2, 0.25) is 0 Å². The molecule has 2 heterocycles. The van der Waals surface area contributed by atoms with Gasteiger partial charge in [0.15, 0.2) is 5.78 Å². The molecule has 0 aromatic carbocycles. The third kappa shape index (κ3) is 3.16. The van der Waals surface area contributed by atoms with Crippen LogP contribution in [-0.2, 0) is 9.53 Å². The number of carbonyl (C=O) groups excluding carboxylic acids is 1. The number of Topliss-reactive ketones (excluding diaryl/α,β-unsaturated/α-hetero) is 1. The number of morpholine rings is 1. The minimum absolute atomic E-state index is 0.0237. The van der Waals surface area contributed by atoms with Crippen molar-refractivity contribution in [2.24, 2.45) is 0 Å². The number of carbonyl (C=O) groups is 2. The van der Waals surface area contributed by atoms with Crippen molar-refractivity contribution in [2.75, 3.05) is 26.3 Å². The summed E-state index contributed by atoms with van der Waals surface area (Å²) in [6.45, 7) is 2.18. The monoisotopic (exact) mass is 269 g/mol. The van der Waals surface area contributed by atoms with E-state index in [0.29, 0.717) is 31.2 Å². The Morgan fingerprint density at radius 1 is 1.44 bits per heavy atom. The van der Waals surface area contributed by atoms with E-state index < -0.39 is 12.0 Å². The van der Waals surface area contributed by atoms with Crippen LogP contribution in [-0.4, -0.2) is 54.1 Å². The zero-order chi connectivity index (χ0) is 13.0. The van der Waals surface area contributed by atoms with E-state index in [4.69, 9.17) is 4.74 Å². The second-order valence-corrected chi connectivity index (χ2v) is 5.05. The van der Waals surface area contributed by atoms with Gasteiger partial charge in [-0.1, -0.05) is 6.07 Å². The molecule has 1 atom stereocenters. The summed E-state index contributed by atoms with van der Waals surface area (Å²) in [5.41, 5.74) is 0. The molecule has 18 heavy (non-hydrogen) atoms. The molecule has 1 saturated heterocycles. The number of carboxylic acid groups (broad SMARTS) is 1. The third-order valence-electron chi connectivity index (χ3n) is 2.95. The Morgan fingerprint density at radius 2 is 2.17 bits per heavy atom. The van der Waals surface area contributed by atoms with Crippen molar-refractivity contribution in [2.45, 2.75) is 12.5 Å². The Kier molecular flexibility index (Phi) is 4.46. The van der Waals surface area contributed by atoms with E-state index in [1.165, 1.54) is 11.3 Å². The van der Waals surface area contributed by atoms with E-state index in [1.54, 1.807) is 17.0 Å². The first-order valence-electron chi connectivity index (χ1n) is 5.80. The molecule has 0 saturated carbocycles. The van der Waals surface area contributed by atoms with Crippen LogP contribution in [0.15, 0.2) is 17.5 Å². The fourth-order valence-electron chi connectivity index (χ4n) is 1.98. The standard InChI is InChI=1S/C12H15NO4S/c14-10(11-2-1-7-18-11)8-9(12(15)16)13-3-5-17-6-4-13/h1-2,7,9H,3-6,8H2,(H,15,16)/t9-/m1/s1. The van der Waals surface area contributed by atoms with Crippen molar-refractivity contribution in [3.8, 4) is 0 Å². The molecule has 0 aliphatic carbocycles. The molecule has 0 unspecified atom stereocenters. The highest BCUT2D eigenvalue weighted by Crippen LogP contribution is 2.16. The van der Waals surface area contributed by atoms with Gasteiger partial charge in [0.25, 0.3) is 0 Å². The van der Waals surface area contributed by atoms with Crippen LogP contribution in [0, 0.1) is 0 Å². The minimum Gasteiger partial charge on any atom is -0.480 e. The molecular weight excluding hydrogens is 254 g/mol. The van der Waals surface area contributed by atoms with Gasteiger partial charge in [0, 0.05) is 19.5 Å². The molecule has 1 aromatic rings. The predicted octanol–water partition coefficient (Wildman–Crippen LogP) is 1.11. The lowest BCUT2D eigenvalue weighted by atomic mass is 10.1. The largest absolute Gasteiger partial charge is 0.480 e. The third-order valence-corrected chi connectivity index (χ3v) is 3.86. The lowest BCUT2D eigenvalue weighted by molar-refractivity contribution is -0.144. The van der Waals surface area contributed by atoms with Gasteiger partial charge >= 0.3 is 5.97 Å². The second-order valence-electron chi connectivity index (χ2n) is 4.11. The van der Waals surface area contributed by atoms with Crippen LogP contribution in [0.3, 0.4) is 0 Å². The summed E-state index contributed by atoms with van der Waals surface area (Å²) in [5.74, 6) is -1.05. The van der Waals surface area contributed by atoms with Crippen molar-refractivity contribution in [1.82, 2.24) is 4.90 Å². The van der Waals surface area contributed by atoms with E-state index in [2.05, 4.69) is 0 Å². The van der Waals surface area contributed by atoms with Gasteiger partial charge in [0.1, 0.15) is 6.04 Å². The van der Waals surface area contributed by atoms with E-state index >= 15 is 0 Å². The van der Waals surface area contributed by atoms with Gasteiger partial charge in [-0.05, 0) is 11.4 Å². The average molecular weight is 269 g/mol. The number of hydrogen-bond acceptors (Lipinski definition) is 5. The van der Waals surface area contributed by atoms with Crippen LogP contribution in [0.4, 0.5) is 0 Å². The van der Waals surface area contributed by atoms with Gasteiger partial charge in [-0.15, -0.1) is 11.3 Å². The number of ether oxygens (including phenoxy) is 1. The first-order valence-corrected chi connectivity index (χ1v) is 6.68. The number of thiophene rings is 1. The zero-order valence-corrected chi connectivity index (χ0v) is 10.7. The smallest absolute Gasteiger partial charge is 0.321 e. The van der Waals surface area contributed by atoms with Crippen molar-refractivity contribution in [3.63, 3.8) is 0 Å². The maximum atomic E-state index is 12.0. The van der Waals surface area contributed by atoms with Crippen LogP contribution in [0.2, 0.25) is 0 Å². The molecule has 5 nitrogen and oxygen atoms in total. The first-order chi connectivity index (χ1) is 8.68. The van der Waals surface area contributed by atoms with Crippen molar-refractivity contribution in [3.05, 3.63) is 22.4 Å². The predicted molar refractivity (Wildman–Crippen MR) is 67.1 cm³/mol. The molecule has 0 bridgehead atoms. The maximum absolute atomic E-state index is 12.0. The molecule has 1 fully saturated rings. The molecule has 1 N–H and O–H groups in total. The highest BCUT2D eigenvalue weighted by Gasteiger charge is 2.29. The Balaban J connectivity index is 2.02. The maximum Gasteiger partial charge on any atom is 0.321 e. The van der Waals surface area contributed by atoms with E-state index in [1.807, 2.05) is 5.38 Å². The van der Waals surface area contributed by atoms with Crippen molar-refractivity contribution < 1.29 is 19.4 Å². The number of hydrogen-bond donors (Lipinski definition) is 1. The summed E-state index contributed by atoms with van der Waals surface area (Å²) in [5, 5.41) is 11.1. The normalized spacial score (nSPS) is 18.4. The van der Waals surface area contributed by atoms with Gasteiger partial charge in [0.05, 0.1) is 18.1 Å². The second kappa shape index (κ2) is 6.08. The van der Waals surface area contributed by atoms with Crippen LogP contribution >= 0.6 is 11.3 Å². The van der Waals surface area contributed by atoms with Gasteiger partial charge in [-0.2, -0.15) is 0 Å². The van der Waals surface area contributed by atoms with Crippen LogP contribution in [0.1, 0.15) is 16.1 Å². The number of carboxylic acids is 1. The summed E-state index contributed by atoms with van der Waals surface area (Å²) < 4.78 is 5.19. The van der Waals surface area contributed by atoms with Crippen LogP contribution in [0.25, 0.3) is 0 Å². The molecule has 6 heteroatoms. The van der Waals surface area contributed by atoms with E-state index in [-0.39, 0.29) is 12.2 Å². The van der Waals surface area contributed by atoms with Crippen molar-refractivity contribution in [1.29, 1.82) is 0 Å². The Hall–Kier alpha value is -1.24. The summed E-state index contributed by atoms with van der Waals surface area (Å²) in [6, 6.07) is 2.77. The zero-order valence-electron chi connectivity index (χ0n) is 9.87. The van der Waals surface area contributed by atoms with Gasteiger partial charge in [-0.25, -0.2) is 0 Å². The molecule has 1 aromatic heterocycles. The van der Waals surface area contributed by atoms with E-state index in [0.717, 1.165) is 0 Å². The van der Waals surface area contributed by atoms with Crippen molar-refractivity contribution >= 4 is 23.1 Å². The molecule has 1 aliphatic heterocycles. The summed E-state index contributed by atoms with van der Waals surface area (Å²) in [7, 11) is 0. The molecule has 0 spiro atoms. The molecule has 98 valence electrons. The first kappa shape index (κ1) is 13.2. The minimum atomic E-state index is -0.943. The number of aliphatic carboxylic acids is 1. The lowest BCUT2D eigenvalue weighted by Crippen LogP contribution is -2.48.